The number of nitrogens with zero attached hydrogens (tertiary/aromatic N) is 1. The van der Waals surface area contributed by atoms with Crippen LogP contribution in [0.1, 0.15) is 26.7 Å². The van der Waals surface area contributed by atoms with Crippen molar-refractivity contribution >= 4 is 11.7 Å². The molecule has 5 nitrogen and oxygen atoms in total. The molecule has 1 saturated heterocycles. The maximum atomic E-state index is 11.9. The summed E-state index contributed by atoms with van der Waals surface area (Å²) in [5.74, 6) is 0.383. The maximum Gasteiger partial charge on any atom is 0.252 e. The van der Waals surface area contributed by atoms with Crippen LogP contribution in [0.25, 0.3) is 0 Å². The lowest BCUT2D eigenvalue weighted by Gasteiger charge is -2.21. The van der Waals surface area contributed by atoms with Gasteiger partial charge in [0, 0.05) is 18.2 Å². The van der Waals surface area contributed by atoms with Gasteiger partial charge in [-0.1, -0.05) is 0 Å². The number of rotatable bonds is 3. The van der Waals surface area contributed by atoms with Crippen molar-refractivity contribution < 1.29 is 14.7 Å². The lowest BCUT2D eigenvalue weighted by atomic mass is 10.2. The average molecular weight is 250 g/mol. The summed E-state index contributed by atoms with van der Waals surface area (Å²) >= 11 is 0. The Hall–Kier alpha value is -1.62. The zero-order chi connectivity index (χ0) is 13.3. The number of fused-ring (bicyclic) bond motifs is 1. The molecule has 0 bridgehead atoms. The van der Waals surface area contributed by atoms with Crippen molar-refractivity contribution in [2.24, 2.45) is 0 Å². The number of carbonyl (C=O) groups is 2. The second kappa shape index (κ2) is 4.94. The van der Waals surface area contributed by atoms with E-state index in [1.807, 2.05) is 4.90 Å². The molecule has 2 atom stereocenters. The summed E-state index contributed by atoms with van der Waals surface area (Å²) in [6, 6.07) is -0.0821. The quantitative estimate of drug-likeness (QED) is 0.708. The Morgan fingerprint density at radius 2 is 2.39 bits per heavy atom. The molecule has 0 spiro atoms. The molecular weight excluding hydrogens is 232 g/mol. The van der Waals surface area contributed by atoms with Gasteiger partial charge in [0.25, 0.3) is 5.91 Å². The van der Waals surface area contributed by atoms with Crippen LogP contribution in [0.3, 0.4) is 0 Å². The van der Waals surface area contributed by atoms with Crippen LogP contribution in [0.5, 0.6) is 0 Å². The second-order valence-electron chi connectivity index (χ2n) is 4.83. The first-order valence-corrected chi connectivity index (χ1v) is 6.19. The van der Waals surface area contributed by atoms with Crippen molar-refractivity contribution in [3.05, 3.63) is 23.5 Å². The molecule has 2 rings (SSSR count). The number of amides is 1. The van der Waals surface area contributed by atoms with Crippen molar-refractivity contribution in [3.8, 4) is 0 Å². The Balaban J connectivity index is 2.04. The van der Waals surface area contributed by atoms with E-state index in [9.17, 15) is 14.7 Å². The van der Waals surface area contributed by atoms with E-state index in [1.54, 1.807) is 13.8 Å². The number of nitrogens with one attached hydrogen (secondary N) is 1. The molecule has 1 amide bonds. The minimum atomic E-state index is -0.658. The number of aliphatic hydroxyl groups excluding tert-OH is 1. The molecule has 0 aromatic rings. The first kappa shape index (κ1) is 12.8. The van der Waals surface area contributed by atoms with Gasteiger partial charge in [0.1, 0.15) is 5.82 Å². The third-order valence-corrected chi connectivity index (χ3v) is 3.26. The molecule has 0 saturated carbocycles. The summed E-state index contributed by atoms with van der Waals surface area (Å²) in [5.41, 5.74) is 0.445. The lowest BCUT2D eigenvalue weighted by Crippen LogP contribution is -2.35. The van der Waals surface area contributed by atoms with Crippen molar-refractivity contribution in [2.75, 3.05) is 6.54 Å². The zero-order valence-electron chi connectivity index (χ0n) is 10.6. The van der Waals surface area contributed by atoms with Crippen LogP contribution in [0.15, 0.2) is 23.5 Å². The topological polar surface area (TPSA) is 69.6 Å². The summed E-state index contributed by atoms with van der Waals surface area (Å²) in [6.45, 7) is 4.04. The largest absolute Gasteiger partial charge is 0.389 e. The Morgan fingerprint density at radius 1 is 1.67 bits per heavy atom. The summed E-state index contributed by atoms with van der Waals surface area (Å²) in [5, 5.41) is 11.9. The third-order valence-electron chi connectivity index (χ3n) is 3.26. The van der Waals surface area contributed by atoms with E-state index < -0.39 is 6.10 Å². The molecule has 2 heterocycles. The normalized spacial score (nSPS) is 24.9. The zero-order valence-corrected chi connectivity index (χ0v) is 10.6. The molecular formula is C13H18N2O3. The number of hydrogen-bond acceptors (Lipinski definition) is 4. The van der Waals surface area contributed by atoms with Gasteiger partial charge in [0.15, 0.2) is 5.78 Å². The van der Waals surface area contributed by atoms with Crippen molar-refractivity contribution in [1.29, 1.82) is 0 Å². The van der Waals surface area contributed by atoms with E-state index in [4.69, 9.17) is 0 Å². The number of hydrogen-bond donors (Lipinski definition) is 2. The molecule has 5 heteroatoms. The molecule has 1 fully saturated rings. The van der Waals surface area contributed by atoms with Crippen LogP contribution in [0.2, 0.25) is 0 Å². The number of carbonyl (C=O) groups excluding carboxylic acids is 2. The SMILES string of the molecule is C/C(=C\C(C)O)C(=O)NC1=CC(=O)C2CCCN12. The first-order chi connectivity index (χ1) is 8.49. The summed E-state index contributed by atoms with van der Waals surface area (Å²) < 4.78 is 0. The van der Waals surface area contributed by atoms with Crippen LogP contribution >= 0.6 is 0 Å². The molecule has 2 unspecified atom stereocenters. The molecule has 0 aromatic carbocycles. The van der Waals surface area contributed by atoms with Gasteiger partial charge in [0.2, 0.25) is 0 Å². The predicted octanol–water partition coefficient (Wildman–Crippen LogP) is 0.318. The minimum Gasteiger partial charge on any atom is -0.389 e. The van der Waals surface area contributed by atoms with Crippen molar-refractivity contribution in [1.82, 2.24) is 10.2 Å². The second-order valence-corrected chi connectivity index (χ2v) is 4.83. The van der Waals surface area contributed by atoms with Crippen LogP contribution < -0.4 is 5.32 Å². The Labute approximate surface area is 106 Å². The van der Waals surface area contributed by atoms with E-state index in [0.717, 1.165) is 19.4 Å². The number of ketones is 1. The van der Waals surface area contributed by atoms with Crippen molar-refractivity contribution in [3.63, 3.8) is 0 Å². The standard InChI is InChI=1S/C13H18N2O3/c1-8(6-9(2)16)13(18)14-12-7-11(17)10-4-3-5-15(10)12/h6-7,9-10,16H,3-5H2,1-2H3,(H,14,18)/b8-6+. The van der Waals surface area contributed by atoms with Crippen LogP contribution in [-0.4, -0.2) is 40.4 Å². The van der Waals surface area contributed by atoms with Crippen molar-refractivity contribution in [2.45, 2.75) is 38.8 Å². The fraction of sp³-hybridized carbons (Fsp3) is 0.538. The van der Waals surface area contributed by atoms with Gasteiger partial charge in [-0.2, -0.15) is 0 Å². The van der Waals surface area contributed by atoms with Gasteiger partial charge in [-0.3, -0.25) is 9.59 Å². The highest BCUT2D eigenvalue weighted by molar-refractivity contribution is 6.00. The Bertz CT molecular complexity index is 438. The Kier molecular flexibility index (Phi) is 3.52. The molecule has 98 valence electrons. The van der Waals surface area contributed by atoms with E-state index in [1.165, 1.54) is 12.2 Å². The van der Waals surface area contributed by atoms with Crippen LogP contribution in [-0.2, 0) is 9.59 Å². The van der Waals surface area contributed by atoms with Gasteiger partial charge >= 0.3 is 0 Å². The van der Waals surface area contributed by atoms with Crippen LogP contribution in [0.4, 0.5) is 0 Å². The molecule has 0 radical (unpaired) electrons. The van der Waals surface area contributed by atoms with E-state index in [-0.39, 0.29) is 17.7 Å². The molecule has 0 aliphatic carbocycles. The highest BCUT2D eigenvalue weighted by Crippen LogP contribution is 2.27. The van der Waals surface area contributed by atoms with Gasteiger partial charge in [-0.15, -0.1) is 0 Å². The van der Waals surface area contributed by atoms with Gasteiger partial charge in [-0.25, -0.2) is 0 Å². The summed E-state index contributed by atoms with van der Waals surface area (Å²) in [4.78, 5) is 25.5. The van der Waals surface area contributed by atoms with E-state index >= 15 is 0 Å². The predicted molar refractivity (Wildman–Crippen MR) is 66.4 cm³/mol. The number of aliphatic hydroxyl groups is 1. The molecule has 0 aromatic heterocycles. The molecule has 2 aliphatic heterocycles. The smallest absolute Gasteiger partial charge is 0.252 e. The first-order valence-electron chi connectivity index (χ1n) is 6.19. The molecule has 18 heavy (non-hydrogen) atoms. The molecule has 2 N–H and O–H groups in total. The Morgan fingerprint density at radius 3 is 3.06 bits per heavy atom. The highest BCUT2D eigenvalue weighted by Gasteiger charge is 2.37. The molecule has 2 aliphatic rings. The third kappa shape index (κ3) is 2.46. The van der Waals surface area contributed by atoms with Gasteiger partial charge in [-0.05, 0) is 32.8 Å². The van der Waals surface area contributed by atoms with Gasteiger partial charge in [0.05, 0.1) is 12.1 Å². The fourth-order valence-electron chi connectivity index (χ4n) is 2.42. The van der Waals surface area contributed by atoms with E-state index in [2.05, 4.69) is 5.32 Å². The highest BCUT2D eigenvalue weighted by atomic mass is 16.3. The fourth-order valence-corrected chi connectivity index (χ4v) is 2.42. The minimum absolute atomic E-state index is 0.0694. The van der Waals surface area contributed by atoms with E-state index in [0.29, 0.717) is 11.4 Å². The monoisotopic (exact) mass is 250 g/mol. The lowest BCUT2D eigenvalue weighted by molar-refractivity contribution is -0.118. The summed E-state index contributed by atoms with van der Waals surface area (Å²) in [7, 11) is 0. The van der Waals surface area contributed by atoms with Crippen LogP contribution in [0, 0.1) is 0 Å². The summed E-state index contributed by atoms with van der Waals surface area (Å²) in [6.07, 6.45) is 4.16. The average Bonchev–Trinajstić information content (AvgIpc) is 2.83. The maximum absolute atomic E-state index is 11.9. The van der Waals surface area contributed by atoms with Gasteiger partial charge < -0.3 is 15.3 Å².